The third kappa shape index (κ3) is 1.57. The molecule has 66 valence electrons. The van der Waals surface area contributed by atoms with Crippen molar-refractivity contribution in [2.24, 2.45) is 5.73 Å². The second kappa shape index (κ2) is 3.37. The van der Waals surface area contributed by atoms with E-state index in [1.165, 1.54) is 6.92 Å². The first kappa shape index (κ1) is 9.42. The van der Waals surface area contributed by atoms with Gasteiger partial charge in [0, 0.05) is 11.6 Å². The zero-order valence-corrected chi connectivity index (χ0v) is 7.20. The Balaban J connectivity index is 3.33. The van der Waals surface area contributed by atoms with Crippen LogP contribution in [-0.4, -0.2) is 0 Å². The summed E-state index contributed by atoms with van der Waals surface area (Å²) in [7, 11) is 0. The molecule has 0 aliphatic carbocycles. The Labute approximate surface area is 74.1 Å². The third-order valence-corrected chi connectivity index (χ3v) is 1.83. The van der Waals surface area contributed by atoms with Crippen molar-refractivity contribution in [3.8, 4) is 0 Å². The maximum Gasteiger partial charge on any atom is 0.149 e. The molecule has 4 heteroatoms. The van der Waals surface area contributed by atoms with Crippen LogP contribution in [0.1, 0.15) is 18.5 Å². The van der Waals surface area contributed by atoms with Crippen molar-refractivity contribution < 1.29 is 8.78 Å². The van der Waals surface area contributed by atoms with Gasteiger partial charge in [-0.2, -0.15) is 0 Å². The van der Waals surface area contributed by atoms with Crippen LogP contribution in [0.15, 0.2) is 12.1 Å². The van der Waals surface area contributed by atoms with Gasteiger partial charge in [0.05, 0.1) is 5.02 Å². The van der Waals surface area contributed by atoms with E-state index < -0.39 is 17.7 Å². The molecule has 0 unspecified atom stereocenters. The van der Waals surface area contributed by atoms with Crippen molar-refractivity contribution in [1.29, 1.82) is 0 Å². The molecule has 0 radical (unpaired) electrons. The monoisotopic (exact) mass is 191 g/mol. The Morgan fingerprint density at radius 1 is 1.42 bits per heavy atom. The second-order valence-corrected chi connectivity index (χ2v) is 2.95. The number of halogens is 3. The fraction of sp³-hybridized carbons (Fsp3) is 0.250. The number of hydrogen-bond donors (Lipinski definition) is 1. The molecule has 1 rings (SSSR count). The maximum absolute atomic E-state index is 13.1. The zero-order chi connectivity index (χ0) is 9.30. The quantitative estimate of drug-likeness (QED) is 0.679. The van der Waals surface area contributed by atoms with Crippen LogP contribution in [-0.2, 0) is 0 Å². The first-order valence-corrected chi connectivity index (χ1v) is 3.80. The minimum atomic E-state index is -0.772. The van der Waals surface area contributed by atoms with E-state index in [1.54, 1.807) is 0 Å². The summed E-state index contributed by atoms with van der Waals surface area (Å²) in [6.45, 7) is 1.50. The lowest BCUT2D eigenvalue weighted by Crippen LogP contribution is -2.10. The molecular weight excluding hydrogens is 184 g/mol. The van der Waals surface area contributed by atoms with Crippen LogP contribution in [0.4, 0.5) is 8.78 Å². The van der Waals surface area contributed by atoms with Crippen molar-refractivity contribution in [1.82, 2.24) is 0 Å². The molecule has 12 heavy (non-hydrogen) atoms. The molecule has 2 N–H and O–H groups in total. The van der Waals surface area contributed by atoms with Crippen molar-refractivity contribution in [2.45, 2.75) is 13.0 Å². The Morgan fingerprint density at radius 2 is 2.00 bits per heavy atom. The number of nitrogens with two attached hydrogens (primary N) is 1. The van der Waals surface area contributed by atoms with Gasteiger partial charge in [-0.1, -0.05) is 11.6 Å². The van der Waals surface area contributed by atoms with Gasteiger partial charge in [-0.3, -0.25) is 0 Å². The van der Waals surface area contributed by atoms with Crippen molar-refractivity contribution in [3.05, 3.63) is 34.4 Å². The zero-order valence-electron chi connectivity index (χ0n) is 6.44. The molecule has 0 heterocycles. The predicted octanol–water partition coefficient (Wildman–Crippen LogP) is 2.64. The molecule has 1 aromatic rings. The van der Waals surface area contributed by atoms with E-state index >= 15 is 0 Å². The van der Waals surface area contributed by atoms with Gasteiger partial charge in [0.15, 0.2) is 0 Å². The molecule has 1 aromatic carbocycles. The molecule has 0 fully saturated rings. The van der Waals surface area contributed by atoms with E-state index in [2.05, 4.69) is 0 Å². The fourth-order valence-corrected chi connectivity index (χ4v) is 1.12. The van der Waals surface area contributed by atoms with Crippen LogP contribution in [0.25, 0.3) is 0 Å². The maximum atomic E-state index is 13.1. The van der Waals surface area contributed by atoms with Crippen molar-refractivity contribution >= 4 is 11.6 Å². The molecule has 0 aromatic heterocycles. The standard InChI is InChI=1S/C8H8ClF2N/c1-4(12)7-6(10)3-2-5(9)8(7)11/h2-4H,12H2,1H3/t4-/m1/s1. The summed E-state index contributed by atoms with van der Waals surface area (Å²) in [5.41, 5.74) is 5.18. The Morgan fingerprint density at radius 3 is 2.42 bits per heavy atom. The number of hydrogen-bond acceptors (Lipinski definition) is 1. The van der Waals surface area contributed by atoms with E-state index in [0.717, 1.165) is 12.1 Å². The molecule has 0 aliphatic rings. The van der Waals surface area contributed by atoms with Gasteiger partial charge < -0.3 is 5.73 Å². The summed E-state index contributed by atoms with van der Waals surface area (Å²) in [4.78, 5) is 0. The van der Waals surface area contributed by atoms with Gasteiger partial charge in [-0.05, 0) is 19.1 Å². The molecule has 0 saturated heterocycles. The SMILES string of the molecule is C[C@@H](N)c1c(F)ccc(Cl)c1F. The van der Waals surface area contributed by atoms with Crippen molar-refractivity contribution in [2.75, 3.05) is 0 Å². The van der Waals surface area contributed by atoms with Gasteiger partial charge in [0.2, 0.25) is 0 Å². The topological polar surface area (TPSA) is 26.0 Å². The van der Waals surface area contributed by atoms with E-state index in [1.807, 2.05) is 0 Å². The summed E-state index contributed by atoms with van der Waals surface area (Å²) in [5, 5.41) is -0.108. The van der Waals surface area contributed by atoms with Crippen LogP contribution in [0.5, 0.6) is 0 Å². The molecule has 1 atom stereocenters. The molecule has 0 saturated carbocycles. The summed E-state index contributed by atoms with van der Waals surface area (Å²) in [5.74, 6) is -1.43. The highest BCUT2D eigenvalue weighted by Crippen LogP contribution is 2.24. The van der Waals surface area contributed by atoms with Crippen LogP contribution in [0.3, 0.4) is 0 Å². The van der Waals surface area contributed by atoms with Gasteiger partial charge in [0.1, 0.15) is 11.6 Å². The normalized spacial score (nSPS) is 13.1. The highest BCUT2D eigenvalue weighted by molar-refractivity contribution is 6.30. The number of rotatable bonds is 1. The first-order valence-electron chi connectivity index (χ1n) is 3.43. The highest BCUT2D eigenvalue weighted by atomic mass is 35.5. The molecular formula is C8H8ClF2N. The first-order chi connectivity index (χ1) is 5.54. The lowest BCUT2D eigenvalue weighted by atomic mass is 10.1. The lowest BCUT2D eigenvalue weighted by Gasteiger charge is -2.08. The molecule has 0 aliphatic heterocycles. The Hall–Kier alpha value is -0.670. The van der Waals surface area contributed by atoms with Gasteiger partial charge in [0.25, 0.3) is 0 Å². The lowest BCUT2D eigenvalue weighted by molar-refractivity contribution is 0.537. The van der Waals surface area contributed by atoms with Gasteiger partial charge in [-0.25, -0.2) is 8.78 Å². The fourth-order valence-electron chi connectivity index (χ4n) is 0.960. The van der Waals surface area contributed by atoms with Crippen LogP contribution < -0.4 is 5.73 Å². The minimum Gasteiger partial charge on any atom is -0.324 e. The molecule has 0 amide bonds. The van der Waals surface area contributed by atoms with Gasteiger partial charge >= 0.3 is 0 Å². The predicted molar refractivity (Wildman–Crippen MR) is 44.0 cm³/mol. The average Bonchev–Trinajstić information content (AvgIpc) is 1.97. The van der Waals surface area contributed by atoms with Crippen molar-refractivity contribution in [3.63, 3.8) is 0 Å². The van der Waals surface area contributed by atoms with Crippen LogP contribution in [0.2, 0.25) is 5.02 Å². The minimum absolute atomic E-state index is 0.108. The highest BCUT2D eigenvalue weighted by Gasteiger charge is 2.15. The number of benzene rings is 1. The van der Waals surface area contributed by atoms with Gasteiger partial charge in [-0.15, -0.1) is 0 Å². The molecule has 0 spiro atoms. The summed E-state index contributed by atoms with van der Waals surface area (Å²) in [6, 6.07) is 1.58. The van der Waals surface area contributed by atoms with Crippen LogP contribution in [0, 0.1) is 11.6 Å². The average molecular weight is 192 g/mol. The second-order valence-electron chi connectivity index (χ2n) is 2.55. The van der Waals surface area contributed by atoms with Crippen LogP contribution >= 0.6 is 11.6 Å². The van der Waals surface area contributed by atoms with E-state index in [0.29, 0.717) is 0 Å². The summed E-state index contributed by atoms with van der Waals surface area (Å²) in [6.07, 6.45) is 0. The Kier molecular flexibility index (Phi) is 2.65. The summed E-state index contributed by atoms with van der Waals surface area (Å²) >= 11 is 5.43. The summed E-state index contributed by atoms with van der Waals surface area (Å²) < 4.78 is 26.0. The van der Waals surface area contributed by atoms with E-state index in [4.69, 9.17) is 17.3 Å². The smallest absolute Gasteiger partial charge is 0.149 e. The largest absolute Gasteiger partial charge is 0.324 e. The van der Waals surface area contributed by atoms with E-state index in [9.17, 15) is 8.78 Å². The van der Waals surface area contributed by atoms with E-state index in [-0.39, 0.29) is 10.6 Å². The molecule has 0 bridgehead atoms. The Bertz CT molecular complexity index is 299. The third-order valence-electron chi connectivity index (χ3n) is 1.53. The molecule has 1 nitrogen and oxygen atoms in total.